The fourth-order valence-electron chi connectivity index (χ4n) is 3.44. The summed E-state index contributed by atoms with van der Waals surface area (Å²) in [6.45, 7) is 0.219. The highest BCUT2D eigenvalue weighted by Gasteiger charge is 2.36. The van der Waals surface area contributed by atoms with Gasteiger partial charge in [-0.2, -0.15) is 0 Å². The zero-order valence-electron chi connectivity index (χ0n) is 16.9. The Morgan fingerprint density at radius 2 is 2.06 bits per heavy atom. The number of carbonyl (C=O) groups excluding carboxylic acids is 2. The molecule has 0 spiro atoms. The number of hydrogen-bond donors (Lipinski definition) is 1. The molecule has 7 nitrogen and oxygen atoms in total. The molecule has 2 heterocycles. The van der Waals surface area contributed by atoms with E-state index in [1.54, 1.807) is 42.8 Å². The van der Waals surface area contributed by atoms with Crippen LogP contribution in [-0.2, 0) is 9.59 Å². The van der Waals surface area contributed by atoms with E-state index in [2.05, 4.69) is 10.3 Å². The number of ether oxygens (including phenoxy) is 2. The maximum absolute atomic E-state index is 13.4. The second-order valence-corrected chi connectivity index (χ2v) is 7.84. The molecular weight excluding hydrogens is 421 g/mol. The SMILES string of the molecule is COc1ccc(OC)c(N2CC(C(=O)Nc3nc(-c4cccc(F)c4)cs3)CC2=O)c1. The van der Waals surface area contributed by atoms with Crippen molar-refractivity contribution in [2.75, 3.05) is 31.0 Å². The molecule has 0 radical (unpaired) electrons. The number of carbonyl (C=O) groups is 2. The maximum atomic E-state index is 13.4. The van der Waals surface area contributed by atoms with Crippen LogP contribution in [0, 0.1) is 11.7 Å². The van der Waals surface area contributed by atoms with Crippen molar-refractivity contribution in [3.05, 3.63) is 53.7 Å². The summed E-state index contributed by atoms with van der Waals surface area (Å²) in [7, 11) is 3.06. The molecule has 0 bridgehead atoms. The third kappa shape index (κ3) is 4.36. The third-order valence-corrected chi connectivity index (χ3v) is 5.79. The summed E-state index contributed by atoms with van der Waals surface area (Å²) < 4.78 is 24.1. The van der Waals surface area contributed by atoms with Gasteiger partial charge < -0.3 is 19.7 Å². The maximum Gasteiger partial charge on any atom is 0.231 e. The second-order valence-electron chi connectivity index (χ2n) is 6.98. The summed E-state index contributed by atoms with van der Waals surface area (Å²) in [6, 6.07) is 11.3. The minimum absolute atomic E-state index is 0.0777. The van der Waals surface area contributed by atoms with Crippen LogP contribution in [0.2, 0.25) is 0 Å². The van der Waals surface area contributed by atoms with Gasteiger partial charge in [0.2, 0.25) is 11.8 Å². The number of aromatic nitrogens is 1. The monoisotopic (exact) mass is 441 g/mol. The standard InChI is InChI=1S/C22H20FN3O4S/c1-29-16-6-7-19(30-2)18(10-16)26-11-14(9-20(26)27)21(28)25-22-24-17(12-31-22)13-4-3-5-15(23)8-13/h3-8,10,12,14H,9,11H2,1-2H3,(H,24,25,28). The van der Waals surface area contributed by atoms with Crippen molar-refractivity contribution in [1.82, 2.24) is 4.98 Å². The van der Waals surface area contributed by atoms with Crippen molar-refractivity contribution in [2.45, 2.75) is 6.42 Å². The molecule has 1 fully saturated rings. The Balaban J connectivity index is 1.47. The average Bonchev–Trinajstić information content (AvgIpc) is 3.40. The van der Waals surface area contributed by atoms with Crippen molar-refractivity contribution < 1.29 is 23.5 Å². The van der Waals surface area contributed by atoms with Crippen LogP contribution in [0.1, 0.15) is 6.42 Å². The van der Waals surface area contributed by atoms with E-state index in [-0.39, 0.29) is 30.6 Å². The second kappa shape index (κ2) is 8.73. The minimum atomic E-state index is -0.537. The van der Waals surface area contributed by atoms with Gasteiger partial charge in [0.1, 0.15) is 17.3 Å². The Labute approximate surface area is 182 Å². The van der Waals surface area contributed by atoms with Crippen molar-refractivity contribution in [2.24, 2.45) is 5.92 Å². The number of halogens is 1. The first-order chi connectivity index (χ1) is 15.0. The average molecular weight is 441 g/mol. The van der Waals surface area contributed by atoms with Gasteiger partial charge in [-0.1, -0.05) is 12.1 Å². The third-order valence-electron chi connectivity index (χ3n) is 5.03. The molecule has 1 aliphatic rings. The number of thiazole rings is 1. The molecule has 160 valence electrons. The Bertz CT molecular complexity index is 1130. The van der Waals surface area contributed by atoms with Crippen LogP contribution in [0.3, 0.4) is 0 Å². The lowest BCUT2D eigenvalue weighted by Crippen LogP contribution is -2.28. The first-order valence-corrected chi connectivity index (χ1v) is 10.4. The molecular formula is C22H20FN3O4S. The summed E-state index contributed by atoms with van der Waals surface area (Å²) in [5.74, 6) is -0.248. The van der Waals surface area contributed by atoms with Gasteiger partial charge in [0, 0.05) is 30.0 Å². The largest absolute Gasteiger partial charge is 0.497 e. The lowest BCUT2D eigenvalue weighted by atomic mass is 10.1. The number of nitrogens with one attached hydrogen (secondary N) is 1. The number of amides is 2. The predicted octanol–water partition coefficient (Wildman–Crippen LogP) is 3.96. The normalized spacial score (nSPS) is 15.8. The highest BCUT2D eigenvalue weighted by atomic mass is 32.1. The van der Waals surface area contributed by atoms with Gasteiger partial charge in [0.05, 0.1) is 31.5 Å². The summed E-state index contributed by atoms with van der Waals surface area (Å²) in [4.78, 5) is 31.3. The molecule has 2 amide bonds. The lowest BCUT2D eigenvalue weighted by Gasteiger charge is -2.20. The Kier molecular flexibility index (Phi) is 5.85. The molecule has 31 heavy (non-hydrogen) atoms. The molecule has 3 aromatic rings. The number of hydrogen-bond acceptors (Lipinski definition) is 6. The summed E-state index contributed by atoms with van der Waals surface area (Å²) in [5.41, 5.74) is 1.76. The molecule has 1 aliphatic heterocycles. The zero-order chi connectivity index (χ0) is 22.0. The van der Waals surface area contributed by atoms with Crippen LogP contribution < -0.4 is 19.7 Å². The summed E-state index contributed by atoms with van der Waals surface area (Å²) >= 11 is 1.25. The Hall–Kier alpha value is -3.46. The van der Waals surface area contributed by atoms with Crippen molar-refractivity contribution in [3.8, 4) is 22.8 Å². The molecule has 1 saturated heterocycles. The van der Waals surface area contributed by atoms with E-state index in [9.17, 15) is 14.0 Å². The first kappa shape index (κ1) is 20.8. The van der Waals surface area contributed by atoms with Gasteiger partial charge in [-0.05, 0) is 24.3 Å². The van der Waals surface area contributed by atoms with Crippen molar-refractivity contribution >= 4 is 34.0 Å². The van der Waals surface area contributed by atoms with Crippen LogP contribution in [0.25, 0.3) is 11.3 Å². The molecule has 1 aromatic heterocycles. The molecule has 1 N–H and O–H groups in total. The molecule has 1 atom stereocenters. The van der Waals surface area contributed by atoms with Gasteiger partial charge in [-0.25, -0.2) is 9.37 Å². The quantitative estimate of drug-likeness (QED) is 0.626. The molecule has 0 saturated carbocycles. The molecule has 1 unspecified atom stereocenters. The molecule has 4 rings (SSSR count). The number of nitrogens with zero attached hydrogens (tertiary/aromatic N) is 2. The van der Waals surface area contributed by atoms with E-state index in [1.807, 2.05) is 0 Å². The van der Waals surface area contributed by atoms with E-state index in [0.29, 0.717) is 33.6 Å². The van der Waals surface area contributed by atoms with Crippen LogP contribution in [-0.4, -0.2) is 37.6 Å². The highest BCUT2D eigenvalue weighted by Crippen LogP contribution is 2.36. The van der Waals surface area contributed by atoms with Crippen LogP contribution in [0.4, 0.5) is 15.2 Å². The van der Waals surface area contributed by atoms with Gasteiger partial charge in [-0.15, -0.1) is 11.3 Å². The fraction of sp³-hybridized carbons (Fsp3) is 0.227. The highest BCUT2D eigenvalue weighted by molar-refractivity contribution is 7.14. The zero-order valence-corrected chi connectivity index (χ0v) is 17.7. The number of rotatable bonds is 6. The fourth-order valence-corrected chi connectivity index (χ4v) is 4.17. The lowest BCUT2D eigenvalue weighted by molar-refractivity contribution is -0.122. The van der Waals surface area contributed by atoms with E-state index >= 15 is 0 Å². The summed E-state index contributed by atoms with van der Waals surface area (Å²) in [6.07, 6.45) is 0.0777. The first-order valence-electron chi connectivity index (χ1n) is 9.53. The van der Waals surface area contributed by atoms with Gasteiger partial charge in [0.15, 0.2) is 5.13 Å². The Morgan fingerprint density at radius 3 is 2.81 bits per heavy atom. The smallest absolute Gasteiger partial charge is 0.231 e. The minimum Gasteiger partial charge on any atom is -0.497 e. The molecule has 0 aliphatic carbocycles. The van der Waals surface area contributed by atoms with E-state index < -0.39 is 5.92 Å². The van der Waals surface area contributed by atoms with Gasteiger partial charge in [-0.3, -0.25) is 9.59 Å². The summed E-state index contributed by atoms with van der Waals surface area (Å²) in [5, 5.41) is 4.92. The molecule has 9 heteroatoms. The van der Waals surface area contributed by atoms with Crippen LogP contribution >= 0.6 is 11.3 Å². The van der Waals surface area contributed by atoms with Gasteiger partial charge in [0.25, 0.3) is 0 Å². The predicted molar refractivity (Wildman–Crippen MR) is 116 cm³/mol. The van der Waals surface area contributed by atoms with E-state index in [0.717, 1.165) is 0 Å². The number of anilines is 2. The Morgan fingerprint density at radius 1 is 1.23 bits per heavy atom. The van der Waals surface area contributed by atoms with Gasteiger partial charge >= 0.3 is 0 Å². The van der Waals surface area contributed by atoms with E-state index in [1.165, 1.54) is 35.5 Å². The van der Waals surface area contributed by atoms with Crippen molar-refractivity contribution in [1.29, 1.82) is 0 Å². The van der Waals surface area contributed by atoms with E-state index in [4.69, 9.17) is 9.47 Å². The molecule has 2 aromatic carbocycles. The van der Waals surface area contributed by atoms with Crippen LogP contribution in [0.15, 0.2) is 47.8 Å². The van der Waals surface area contributed by atoms with Crippen molar-refractivity contribution in [3.63, 3.8) is 0 Å². The number of methoxy groups -OCH3 is 2. The number of benzene rings is 2. The topological polar surface area (TPSA) is 80.8 Å². The van der Waals surface area contributed by atoms with Crippen LogP contribution in [0.5, 0.6) is 11.5 Å².